The number of ketones is 1. The number of para-hydroxylation sites is 1. The number of rotatable bonds is 9. The van der Waals surface area contributed by atoms with E-state index >= 15 is 0 Å². The van der Waals surface area contributed by atoms with Crippen molar-refractivity contribution >= 4 is 17.5 Å². The van der Waals surface area contributed by atoms with Gasteiger partial charge in [0, 0.05) is 42.9 Å². The van der Waals surface area contributed by atoms with Crippen LogP contribution in [0.5, 0.6) is 0 Å². The molecule has 3 aromatic rings. The Hall–Kier alpha value is -2.38. The van der Waals surface area contributed by atoms with Crippen molar-refractivity contribution in [2.45, 2.75) is 32.0 Å². The molecule has 0 N–H and O–H groups in total. The Morgan fingerprint density at radius 1 is 1.22 bits per heavy atom. The van der Waals surface area contributed by atoms with E-state index in [1.54, 1.807) is 13.4 Å². The SMILES string of the molecule is COCCCn1cnnc1SCC(=O)c1cc(C)n(-c2ccccc2)c1C. The molecule has 0 saturated heterocycles. The number of methoxy groups -OCH3 is 1. The maximum absolute atomic E-state index is 12.8. The van der Waals surface area contributed by atoms with Crippen LogP contribution in [0.3, 0.4) is 0 Å². The van der Waals surface area contributed by atoms with Crippen LogP contribution in [0.1, 0.15) is 28.2 Å². The van der Waals surface area contributed by atoms with Gasteiger partial charge in [0.25, 0.3) is 0 Å². The molecule has 0 radical (unpaired) electrons. The standard InChI is InChI=1S/C20H24N4O2S/c1-15-12-18(16(2)24(15)17-8-5-4-6-9-17)19(25)13-27-20-22-21-14-23(20)10-7-11-26-3/h4-6,8-9,12,14H,7,10-11,13H2,1-3H3. The lowest BCUT2D eigenvalue weighted by Gasteiger charge is -2.09. The Balaban J connectivity index is 1.70. The van der Waals surface area contributed by atoms with Crippen molar-refractivity contribution in [2.24, 2.45) is 0 Å². The fourth-order valence-corrected chi connectivity index (χ4v) is 3.94. The maximum Gasteiger partial charge on any atom is 0.191 e. The first kappa shape index (κ1) is 19.4. The van der Waals surface area contributed by atoms with Gasteiger partial charge < -0.3 is 13.9 Å². The summed E-state index contributed by atoms with van der Waals surface area (Å²) < 4.78 is 9.16. The third kappa shape index (κ3) is 4.48. The summed E-state index contributed by atoms with van der Waals surface area (Å²) in [6, 6.07) is 12.1. The predicted octanol–water partition coefficient (Wildman–Crippen LogP) is 3.70. The van der Waals surface area contributed by atoms with E-state index in [1.165, 1.54) is 11.8 Å². The average Bonchev–Trinajstić information content (AvgIpc) is 3.24. The van der Waals surface area contributed by atoms with Crippen LogP contribution in [0.15, 0.2) is 47.9 Å². The quantitative estimate of drug-likeness (QED) is 0.320. The number of benzene rings is 1. The Kier molecular flexibility index (Phi) is 6.47. The van der Waals surface area contributed by atoms with E-state index < -0.39 is 0 Å². The minimum Gasteiger partial charge on any atom is -0.385 e. The summed E-state index contributed by atoms with van der Waals surface area (Å²) in [6.07, 6.45) is 2.58. The number of hydrogen-bond acceptors (Lipinski definition) is 5. The zero-order chi connectivity index (χ0) is 19.2. The normalized spacial score (nSPS) is 11.1. The van der Waals surface area contributed by atoms with Gasteiger partial charge in [-0.2, -0.15) is 0 Å². The van der Waals surface area contributed by atoms with Crippen LogP contribution in [0.25, 0.3) is 5.69 Å². The van der Waals surface area contributed by atoms with E-state index in [4.69, 9.17) is 4.74 Å². The van der Waals surface area contributed by atoms with E-state index in [0.29, 0.717) is 12.4 Å². The summed E-state index contributed by atoms with van der Waals surface area (Å²) in [5, 5.41) is 8.85. The van der Waals surface area contributed by atoms with Crippen LogP contribution < -0.4 is 0 Å². The molecule has 0 aliphatic carbocycles. The van der Waals surface area contributed by atoms with Gasteiger partial charge in [-0.1, -0.05) is 30.0 Å². The van der Waals surface area contributed by atoms with Crippen LogP contribution in [0, 0.1) is 13.8 Å². The van der Waals surface area contributed by atoms with E-state index in [-0.39, 0.29) is 5.78 Å². The molecule has 0 unspecified atom stereocenters. The topological polar surface area (TPSA) is 61.9 Å². The third-order valence-corrected chi connectivity index (χ3v) is 5.39. The zero-order valence-electron chi connectivity index (χ0n) is 15.9. The van der Waals surface area contributed by atoms with E-state index in [0.717, 1.165) is 40.8 Å². The van der Waals surface area contributed by atoms with Crippen molar-refractivity contribution in [3.63, 3.8) is 0 Å². The number of carbonyl (C=O) groups excluding carboxylic acids is 1. The Morgan fingerprint density at radius 2 is 2.00 bits per heavy atom. The second-order valence-electron chi connectivity index (χ2n) is 6.32. The molecule has 0 aliphatic rings. The number of thioether (sulfide) groups is 1. The first-order valence-corrected chi connectivity index (χ1v) is 9.87. The number of Topliss-reactive ketones (excluding diaryl/α,β-unsaturated/α-hetero) is 1. The van der Waals surface area contributed by atoms with Gasteiger partial charge in [0.15, 0.2) is 10.9 Å². The molecule has 0 amide bonds. The largest absolute Gasteiger partial charge is 0.385 e. The second kappa shape index (κ2) is 9.01. The van der Waals surface area contributed by atoms with Crippen LogP contribution in [-0.4, -0.2) is 44.6 Å². The maximum atomic E-state index is 12.8. The Morgan fingerprint density at radius 3 is 2.74 bits per heavy atom. The van der Waals surface area contributed by atoms with Crippen molar-refractivity contribution < 1.29 is 9.53 Å². The summed E-state index contributed by atoms with van der Waals surface area (Å²) in [6.45, 7) is 5.48. The van der Waals surface area contributed by atoms with E-state index in [9.17, 15) is 4.79 Å². The van der Waals surface area contributed by atoms with Crippen molar-refractivity contribution in [1.82, 2.24) is 19.3 Å². The molecule has 2 heterocycles. The number of nitrogens with zero attached hydrogens (tertiary/aromatic N) is 4. The van der Waals surface area contributed by atoms with Gasteiger partial charge >= 0.3 is 0 Å². The molecular formula is C20H24N4O2S. The molecule has 27 heavy (non-hydrogen) atoms. The highest BCUT2D eigenvalue weighted by Gasteiger charge is 2.18. The van der Waals surface area contributed by atoms with Gasteiger partial charge in [-0.05, 0) is 38.5 Å². The summed E-state index contributed by atoms with van der Waals surface area (Å²) >= 11 is 1.42. The summed E-state index contributed by atoms with van der Waals surface area (Å²) in [5.41, 5.74) is 3.84. The fourth-order valence-electron chi connectivity index (χ4n) is 3.12. The first-order chi connectivity index (χ1) is 13.1. The van der Waals surface area contributed by atoms with Crippen molar-refractivity contribution in [2.75, 3.05) is 19.5 Å². The third-order valence-electron chi connectivity index (χ3n) is 4.41. The lowest BCUT2D eigenvalue weighted by atomic mass is 10.2. The van der Waals surface area contributed by atoms with Crippen molar-refractivity contribution in [3.8, 4) is 5.69 Å². The highest BCUT2D eigenvalue weighted by Crippen LogP contribution is 2.23. The van der Waals surface area contributed by atoms with Crippen LogP contribution in [0.2, 0.25) is 0 Å². The molecule has 6 nitrogen and oxygen atoms in total. The Labute approximate surface area is 163 Å². The lowest BCUT2D eigenvalue weighted by molar-refractivity contribution is 0.102. The van der Waals surface area contributed by atoms with Gasteiger partial charge in [0.1, 0.15) is 6.33 Å². The minimum absolute atomic E-state index is 0.0988. The highest BCUT2D eigenvalue weighted by atomic mass is 32.2. The number of aryl methyl sites for hydroxylation is 2. The predicted molar refractivity (Wildman–Crippen MR) is 107 cm³/mol. The minimum atomic E-state index is 0.0988. The van der Waals surface area contributed by atoms with Crippen LogP contribution in [-0.2, 0) is 11.3 Å². The molecule has 7 heteroatoms. The molecule has 142 valence electrons. The molecule has 1 aromatic carbocycles. The second-order valence-corrected chi connectivity index (χ2v) is 7.26. The summed E-state index contributed by atoms with van der Waals surface area (Å²) in [4.78, 5) is 12.8. The van der Waals surface area contributed by atoms with Crippen molar-refractivity contribution in [3.05, 3.63) is 59.7 Å². The Bertz CT molecular complexity index is 902. The zero-order valence-corrected chi connectivity index (χ0v) is 16.7. The molecule has 0 atom stereocenters. The van der Waals surface area contributed by atoms with E-state index in [1.807, 2.05) is 54.8 Å². The lowest BCUT2D eigenvalue weighted by Crippen LogP contribution is -2.07. The van der Waals surface area contributed by atoms with Gasteiger partial charge in [0.05, 0.1) is 5.75 Å². The molecule has 0 saturated carbocycles. The number of ether oxygens (including phenoxy) is 1. The fraction of sp³-hybridized carbons (Fsp3) is 0.350. The van der Waals surface area contributed by atoms with Crippen LogP contribution >= 0.6 is 11.8 Å². The molecule has 2 aromatic heterocycles. The first-order valence-electron chi connectivity index (χ1n) is 8.89. The average molecular weight is 385 g/mol. The highest BCUT2D eigenvalue weighted by molar-refractivity contribution is 7.99. The number of aromatic nitrogens is 4. The van der Waals surface area contributed by atoms with E-state index in [2.05, 4.69) is 14.8 Å². The smallest absolute Gasteiger partial charge is 0.191 e. The molecule has 0 spiro atoms. The van der Waals surface area contributed by atoms with Gasteiger partial charge in [0.2, 0.25) is 0 Å². The summed E-state index contributed by atoms with van der Waals surface area (Å²) in [7, 11) is 1.69. The summed E-state index contributed by atoms with van der Waals surface area (Å²) in [5.74, 6) is 0.434. The molecule has 0 bridgehead atoms. The number of carbonyl (C=O) groups is 1. The van der Waals surface area contributed by atoms with Gasteiger partial charge in [-0.25, -0.2) is 0 Å². The molecule has 0 fully saturated rings. The molecular weight excluding hydrogens is 360 g/mol. The molecule has 0 aliphatic heterocycles. The van der Waals surface area contributed by atoms with Gasteiger partial charge in [-0.3, -0.25) is 4.79 Å². The number of hydrogen-bond donors (Lipinski definition) is 0. The molecule has 3 rings (SSSR count). The monoisotopic (exact) mass is 384 g/mol. The van der Waals surface area contributed by atoms with Crippen molar-refractivity contribution in [1.29, 1.82) is 0 Å². The van der Waals surface area contributed by atoms with Gasteiger partial charge in [-0.15, -0.1) is 10.2 Å². The van der Waals surface area contributed by atoms with Crippen LogP contribution in [0.4, 0.5) is 0 Å².